The molecule has 0 aliphatic carbocycles. The lowest BCUT2D eigenvalue weighted by Crippen LogP contribution is -2.49. The standard InChI is InChI=1S/C33H46N4O6S/c1-22(2)18-26-20-36(32(40)41-7)31(39)37(26)25-14-16-35(17-15-25)19-24-8-13-29(34-23(24)3)44-28-11-9-27(10-12-28)42-21-30(38)43-33(4,5)6/h8-13,22,25-26H,14-21H2,1-7H3/t26-/m1/s1. The van der Waals surface area contributed by atoms with Gasteiger partial charge in [0.25, 0.3) is 0 Å². The van der Waals surface area contributed by atoms with Crippen LogP contribution >= 0.6 is 11.8 Å². The number of urea groups is 1. The van der Waals surface area contributed by atoms with Gasteiger partial charge in [-0.15, -0.1) is 0 Å². The number of piperidine rings is 1. The topological polar surface area (TPSA) is 102 Å². The first-order valence-electron chi connectivity index (χ1n) is 15.3. The zero-order valence-electron chi connectivity index (χ0n) is 27.0. The van der Waals surface area contributed by atoms with Gasteiger partial charge in [0.1, 0.15) is 16.4 Å². The summed E-state index contributed by atoms with van der Waals surface area (Å²) in [5.41, 5.74) is 1.64. The number of hydrogen-bond donors (Lipinski definition) is 0. The Balaban J connectivity index is 1.28. The lowest BCUT2D eigenvalue weighted by Gasteiger charge is -2.39. The van der Waals surface area contributed by atoms with Crippen molar-refractivity contribution in [1.29, 1.82) is 0 Å². The summed E-state index contributed by atoms with van der Waals surface area (Å²) in [5, 5.41) is 0.909. The van der Waals surface area contributed by atoms with Gasteiger partial charge in [-0.2, -0.15) is 0 Å². The number of carbonyl (C=O) groups is 3. The summed E-state index contributed by atoms with van der Waals surface area (Å²) in [6.45, 7) is 14.6. The molecular formula is C33H46N4O6S. The van der Waals surface area contributed by atoms with Gasteiger partial charge in [-0.05, 0) is 88.8 Å². The van der Waals surface area contributed by atoms with E-state index < -0.39 is 17.7 Å². The molecule has 0 radical (unpaired) electrons. The number of benzene rings is 1. The summed E-state index contributed by atoms with van der Waals surface area (Å²) in [4.78, 5) is 48.8. The summed E-state index contributed by atoms with van der Waals surface area (Å²) in [6, 6.07) is 11.7. The van der Waals surface area contributed by atoms with Crippen LogP contribution in [0.25, 0.3) is 0 Å². The largest absolute Gasteiger partial charge is 0.482 e. The van der Waals surface area contributed by atoms with Gasteiger partial charge in [-0.3, -0.25) is 4.90 Å². The Morgan fingerprint density at radius 1 is 1.07 bits per heavy atom. The van der Waals surface area contributed by atoms with E-state index in [9.17, 15) is 14.4 Å². The summed E-state index contributed by atoms with van der Waals surface area (Å²) in [6.07, 6.45) is 2.02. The van der Waals surface area contributed by atoms with Crippen LogP contribution in [-0.4, -0.2) is 88.8 Å². The number of amides is 3. The van der Waals surface area contributed by atoms with Gasteiger partial charge in [0.15, 0.2) is 6.61 Å². The van der Waals surface area contributed by atoms with Crippen molar-refractivity contribution in [3.8, 4) is 5.75 Å². The first kappa shape index (κ1) is 33.6. The Morgan fingerprint density at radius 2 is 1.75 bits per heavy atom. The van der Waals surface area contributed by atoms with Gasteiger partial charge >= 0.3 is 18.1 Å². The molecule has 2 saturated heterocycles. The lowest BCUT2D eigenvalue weighted by atomic mass is 9.98. The molecule has 0 N–H and O–H groups in total. The second-order valence-electron chi connectivity index (χ2n) is 12.9. The van der Waals surface area contributed by atoms with E-state index in [0.29, 0.717) is 18.2 Å². The van der Waals surface area contributed by atoms with Crippen LogP contribution in [0.3, 0.4) is 0 Å². The van der Waals surface area contributed by atoms with Crippen LogP contribution in [0.5, 0.6) is 5.75 Å². The molecule has 4 rings (SSSR count). The minimum absolute atomic E-state index is 0.0237. The van der Waals surface area contributed by atoms with E-state index in [0.717, 1.165) is 54.5 Å². The molecule has 3 amide bonds. The minimum Gasteiger partial charge on any atom is -0.482 e. The van der Waals surface area contributed by atoms with E-state index in [1.165, 1.54) is 17.6 Å². The van der Waals surface area contributed by atoms with Crippen molar-refractivity contribution in [1.82, 2.24) is 19.7 Å². The van der Waals surface area contributed by atoms with E-state index in [1.54, 1.807) is 11.8 Å². The maximum atomic E-state index is 13.2. The van der Waals surface area contributed by atoms with E-state index in [1.807, 2.05) is 62.9 Å². The van der Waals surface area contributed by atoms with Crippen LogP contribution in [0.15, 0.2) is 46.3 Å². The Kier molecular flexibility index (Phi) is 11.2. The summed E-state index contributed by atoms with van der Waals surface area (Å²) in [5.74, 6) is 0.631. The van der Waals surface area contributed by atoms with Crippen molar-refractivity contribution >= 4 is 29.9 Å². The molecule has 1 aromatic carbocycles. The Labute approximate surface area is 265 Å². The number of rotatable bonds is 10. The van der Waals surface area contributed by atoms with Gasteiger partial charge < -0.3 is 19.1 Å². The van der Waals surface area contributed by atoms with Crippen LogP contribution in [0.1, 0.15) is 65.1 Å². The third-order valence-corrected chi connectivity index (χ3v) is 8.66. The quantitative estimate of drug-likeness (QED) is 0.288. The molecule has 0 spiro atoms. The molecule has 1 atom stereocenters. The molecule has 2 aromatic rings. The number of aromatic nitrogens is 1. The van der Waals surface area contributed by atoms with Gasteiger partial charge in [-0.25, -0.2) is 24.3 Å². The number of carbonyl (C=O) groups excluding carboxylic acids is 3. The van der Waals surface area contributed by atoms with Crippen molar-refractivity contribution in [2.24, 2.45) is 5.92 Å². The van der Waals surface area contributed by atoms with E-state index in [-0.39, 0.29) is 24.7 Å². The number of ether oxygens (including phenoxy) is 3. The fourth-order valence-corrected chi connectivity index (χ4v) is 6.58. The van der Waals surface area contributed by atoms with Gasteiger partial charge in [-0.1, -0.05) is 31.7 Å². The van der Waals surface area contributed by atoms with Crippen molar-refractivity contribution in [2.75, 3.05) is 33.4 Å². The molecular weight excluding hydrogens is 580 g/mol. The van der Waals surface area contributed by atoms with Crippen molar-refractivity contribution in [3.63, 3.8) is 0 Å². The fraction of sp³-hybridized carbons (Fsp3) is 0.576. The van der Waals surface area contributed by atoms with Crippen LogP contribution in [0.4, 0.5) is 9.59 Å². The molecule has 44 heavy (non-hydrogen) atoms. The highest BCUT2D eigenvalue weighted by atomic mass is 32.2. The Bertz CT molecular complexity index is 1300. The molecule has 11 heteroatoms. The number of methoxy groups -OCH3 is 1. The van der Waals surface area contributed by atoms with Crippen molar-refractivity contribution < 1.29 is 28.6 Å². The van der Waals surface area contributed by atoms with E-state index >= 15 is 0 Å². The predicted molar refractivity (Wildman–Crippen MR) is 169 cm³/mol. The Hall–Kier alpha value is -3.31. The number of pyridine rings is 1. The predicted octanol–water partition coefficient (Wildman–Crippen LogP) is 6.14. The second-order valence-corrected chi connectivity index (χ2v) is 14.0. The van der Waals surface area contributed by atoms with Gasteiger partial charge in [0, 0.05) is 36.3 Å². The number of esters is 1. The van der Waals surface area contributed by atoms with Crippen LogP contribution in [0, 0.1) is 12.8 Å². The highest BCUT2D eigenvalue weighted by molar-refractivity contribution is 7.99. The third kappa shape index (κ3) is 9.11. The normalized spacial score (nSPS) is 18.2. The smallest absolute Gasteiger partial charge is 0.417 e. The molecule has 1 aromatic heterocycles. The molecule has 2 fully saturated rings. The highest BCUT2D eigenvalue weighted by Gasteiger charge is 2.45. The first-order chi connectivity index (χ1) is 20.8. The molecule has 0 bridgehead atoms. The van der Waals surface area contributed by atoms with Crippen LogP contribution in [0.2, 0.25) is 0 Å². The lowest BCUT2D eigenvalue weighted by molar-refractivity contribution is -0.157. The van der Waals surface area contributed by atoms with Crippen LogP contribution < -0.4 is 4.74 Å². The minimum atomic E-state index is -0.574. The van der Waals surface area contributed by atoms with E-state index in [2.05, 4.69) is 24.8 Å². The summed E-state index contributed by atoms with van der Waals surface area (Å²) >= 11 is 1.57. The average Bonchev–Trinajstić information content (AvgIpc) is 3.28. The number of nitrogens with zero attached hydrogens (tertiary/aromatic N) is 4. The molecule has 240 valence electrons. The molecule has 2 aliphatic heterocycles. The summed E-state index contributed by atoms with van der Waals surface area (Å²) < 4.78 is 15.7. The van der Waals surface area contributed by atoms with Crippen molar-refractivity contribution in [3.05, 3.63) is 47.7 Å². The van der Waals surface area contributed by atoms with E-state index in [4.69, 9.17) is 19.2 Å². The molecule has 3 heterocycles. The second kappa shape index (κ2) is 14.6. The first-order valence-corrected chi connectivity index (χ1v) is 16.1. The SMILES string of the molecule is COC(=O)N1C[C@@H](CC(C)C)N(C2CCN(Cc3ccc(Sc4ccc(OCC(=O)OC(C)(C)C)cc4)nc3C)CC2)C1=O. The number of hydrogen-bond acceptors (Lipinski definition) is 9. The average molecular weight is 627 g/mol. The van der Waals surface area contributed by atoms with Crippen molar-refractivity contribution in [2.45, 2.75) is 95.0 Å². The molecule has 0 unspecified atom stereocenters. The molecule has 0 saturated carbocycles. The Morgan fingerprint density at radius 3 is 2.34 bits per heavy atom. The zero-order valence-corrected chi connectivity index (χ0v) is 27.8. The maximum absolute atomic E-state index is 13.2. The third-order valence-electron chi connectivity index (χ3n) is 7.71. The monoisotopic (exact) mass is 626 g/mol. The molecule has 2 aliphatic rings. The van der Waals surface area contributed by atoms with Crippen LogP contribution in [-0.2, 0) is 20.8 Å². The highest BCUT2D eigenvalue weighted by Crippen LogP contribution is 2.31. The van der Waals surface area contributed by atoms with Gasteiger partial charge in [0.05, 0.1) is 19.7 Å². The number of imide groups is 1. The summed E-state index contributed by atoms with van der Waals surface area (Å²) in [7, 11) is 1.32. The molecule has 10 nitrogen and oxygen atoms in total. The number of likely N-dealkylation sites (tertiary alicyclic amines) is 1. The maximum Gasteiger partial charge on any atom is 0.417 e. The van der Waals surface area contributed by atoms with Gasteiger partial charge in [0.2, 0.25) is 0 Å². The number of aryl methyl sites for hydroxylation is 1. The fourth-order valence-electron chi connectivity index (χ4n) is 5.75. The zero-order chi connectivity index (χ0) is 32.0.